The van der Waals surface area contributed by atoms with Gasteiger partial charge in [0.05, 0.1) is 11.3 Å². The maximum absolute atomic E-state index is 12.3. The van der Waals surface area contributed by atoms with Crippen LogP contribution in [0.15, 0.2) is 23.2 Å². The molecule has 1 aromatic carbocycles. The van der Waals surface area contributed by atoms with Crippen molar-refractivity contribution in [2.24, 2.45) is 0 Å². The van der Waals surface area contributed by atoms with E-state index in [1.807, 2.05) is 4.90 Å². The standard InChI is InChI=1S/C19H24N2OS/c1-4-15-11-16-13(2)7-8-14(3)18(16)20-19(15)23-12-17(22)21-9-5-6-10-21/h7-8,11H,4-6,9-10,12H2,1-3H3. The molecule has 3 rings (SSSR count). The van der Waals surface area contributed by atoms with Gasteiger partial charge in [-0.25, -0.2) is 4.98 Å². The van der Waals surface area contributed by atoms with E-state index < -0.39 is 0 Å². The second kappa shape index (κ2) is 6.91. The maximum atomic E-state index is 12.3. The van der Waals surface area contributed by atoms with Gasteiger partial charge in [0.15, 0.2) is 0 Å². The van der Waals surface area contributed by atoms with Gasteiger partial charge >= 0.3 is 0 Å². The number of hydrogen-bond acceptors (Lipinski definition) is 3. The van der Waals surface area contributed by atoms with Crippen LogP contribution in [0.25, 0.3) is 10.9 Å². The first-order valence-corrected chi connectivity index (χ1v) is 9.39. The van der Waals surface area contributed by atoms with Crippen LogP contribution in [0.3, 0.4) is 0 Å². The van der Waals surface area contributed by atoms with Gasteiger partial charge < -0.3 is 4.90 Å². The largest absolute Gasteiger partial charge is 0.342 e. The van der Waals surface area contributed by atoms with E-state index in [1.165, 1.54) is 22.1 Å². The van der Waals surface area contributed by atoms with E-state index in [-0.39, 0.29) is 5.91 Å². The number of carbonyl (C=O) groups is 1. The molecule has 1 aromatic heterocycles. The Bertz CT molecular complexity index is 736. The lowest BCUT2D eigenvalue weighted by molar-refractivity contribution is -0.127. The summed E-state index contributed by atoms with van der Waals surface area (Å²) in [5.41, 5.74) is 4.77. The average molecular weight is 328 g/mol. The molecule has 23 heavy (non-hydrogen) atoms. The Morgan fingerprint density at radius 3 is 2.61 bits per heavy atom. The molecule has 0 bridgehead atoms. The van der Waals surface area contributed by atoms with Crippen molar-refractivity contribution in [3.05, 3.63) is 34.9 Å². The van der Waals surface area contributed by atoms with E-state index in [1.54, 1.807) is 11.8 Å². The summed E-state index contributed by atoms with van der Waals surface area (Å²) in [5.74, 6) is 0.744. The van der Waals surface area contributed by atoms with Gasteiger partial charge in [0.1, 0.15) is 5.03 Å². The van der Waals surface area contributed by atoms with E-state index in [4.69, 9.17) is 4.98 Å². The van der Waals surface area contributed by atoms with Gasteiger partial charge in [0, 0.05) is 18.5 Å². The van der Waals surface area contributed by atoms with Gasteiger partial charge in [-0.3, -0.25) is 4.79 Å². The van der Waals surface area contributed by atoms with E-state index in [0.717, 1.165) is 42.9 Å². The average Bonchev–Trinajstić information content (AvgIpc) is 3.10. The third kappa shape index (κ3) is 3.37. The molecule has 122 valence electrons. The first-order valence-electron chi connectivity index (χ1n) is 8.40. The zero-order valence-corrected chi connectivity index (χ0v) is 15.0. The Labute approximate surface area is 142 Å². The molecule has 0 aliphatic carbocycles. The van der Waals surface area contributed by atoms with E-state index in [9.17, 15) is 4.79 Å². The molecule has 0 saturated carbocycles. The zero-order chi connectivity index (χ0) is 16.4. The summed E-state index contributed by atoms with van der Waals surface area (Å²) in [6, 6.07) is 6.54. The monoisotopic (exact) mass is 328 g/mol. The molecule has 1 aliphatic heterocycles. The molecule has 0 N–H and O–H groups in total. The lowest BCUT2D eigenvalue weighted by atomic mass is 10.0. The lowest BCUT2D eigenvalue weighted by Crippen LogP contribution is -2.29. The summed E-state index contributed by atoms with van der Waals surface area (Å²) in [6.07, 6.45) is 3.23. The summed E-state index contributed by atoms with van der Waals surface area (Å²) < 4.78 is 0. The van der Waals surface area contributed by atoms with Gasteiger partial charge in [-0.1, -0.05) is 30.8 Å². The van der Waals surface area contributed by atoms with Crippen LogP contribution in [0.2, 0.25) is 0 Å². The Hall–Kier alpha value is -1.55. The number of benzene rings is 1. The highest BCUT2D eigenvalue weighted by molar-refractivity contribution is 7.99. The zero-order valence-electron chi connectivity index (χ0n) is 14.2. The second-order valence-corrected chi connectivity index (χ2v) is 7.24. The number of nitrogens with zero attached hydrogens (tertiary/aromatic N) is 2. The highest BCUT2D eigenvalue weighted by atomic mass is 32.2. The smallest absolute Gasteiger partial charge is 0.232 e. The van der Waals surface area contributed by atoms with Crippen molar-refractivity contribution in [2.45, 2.75) is 45.1 Å². The molecule has 2 aromatic rings. The van der Waals surface area contributed by atoms with Crippen LogP contribution in [0, 0.1) is 13.8 Å². The van der Waals surface area contributed by atoms with Gasteiger partial charge in [-0.05, 0) is 55.9 Å². The predicted molar refractivity (Wildman–Crippen MR) is 97.1 cm³/mol. The SMILES string of the molecule is CCc1cc2c(C)ccc(C)c2nc1SCC(=O)N1CCCC1. The minimum atomic E-state index is 0.248. The summed E-state index contributed by atoms with van der Waals surface area (Å²) in [4.78, 5) is 19.2. The van der Waals surface area contributed by atoms with Crippen molar-refractivity contribution in [2.75, 3.05) is 18.8 Å². The highest BCUT2D eigenvalue weighted by Gasteiger charge is 2.19. The van der Waals surface area contributed by atoms with Crippen molar-refractivity contribution in [3.63, 3.8) is 0 Å². The molecule has 2 heterocycles. The van der Waals surface area contributed by atoms with E-state index in [0.29, 0.717) is 5.75 Å². The molecular formula is C19H24N2OS. The number of likely N-dealkylation sites (tertiary alicyclic amines) is 1. The molecule has 1 saturated heterocycles. The molecule has 1 amide bonds. The number of pyridine rings is 1. The molecule has 0 spiro atoms. The van der Waals surface area contributed by atoms with Crippen LogP contribution in [0.5, 0.6) is 0 Å². The molecular weight excluding hydrogens is 304 g/mol. The molecule has 3 nitrogen and oxygen atoms in total. The first-order chi connectivity index (χ1) is 11.1. The molecule has 0 radical (unpaired) electrons. The van der Waals surface area contributed by atoms with Crippen LogP contribution in [-0.2, 0) is 11.2 Å². The quantitative estimate of drug-likeness (QED) is 0.791. The number of fused-ring (bicyclic) bond motifs is 1. The van der Waals surface area contributed by atoms with Crippen molar-refractivity contribution in [3.8, 4) is 0 Å². The van der Waals surface area contributed by atoms with Gasteiger partial charge in [0.2, 0.25) is 5.91 Å². The molecule has 4 heteroatoms. The fourth-order valence-electron chi connectivity index (χ4n) is 3.12. The number of aromatic nitrogens is 1. The minimum absolute atomic E-state index is 0.248. The first kappa shape index (κ1) is 16.3. The summed E-state index contributed by atoms with van der Waals surface area (Å²) >= 11 is 1.59. The lowest BCUT2D eigenvalue weighted by Gasteiger charge is -2.16. The number of hydrogen-bond donors (Lipinski definition) is 0. The highest BCUT2D eigenvalue weighted by Crippen LogP contribution is 2.29. The van der Waals surface area contributed by atoms with Crippen molar-refractivity contribution >= 4 is 28.6 Å². The fourth-order valence-corrected chi connectivity index (χ4v) is 4.11. The number of aryl methyl sites for hydroxylation is 3. The van der Waals surface area contributed by atoms with Crippen LogP contribution >= 0.6 is 11.8 Å². The Morgan fingerprint density at radius 2 is 1.91 bits per heavy atom. The summed E-state index contributed by atoms with van der Waals surface area (Å²) in [7, 11) is 0. The van der Waals surface area contributed by atoms with Crippen LogP contribution in [0.1, 0.15) is 36.5 Å². The molecule has 1 fully saturated rings. The Kier molecular flexibility index (Phi) is 4.90. The number of amides is 1. The third-order valence-corrected chi connectivity index (χ3v) is 5.63. The maximum Gasteiger partial charge on any atom is 0.232 e. The van der Waals surface area contributed by atoms with Gasteiger partial charge in [-0.2, -0.15) is 0 Å². The van der Waals surface area contributed by atoms with Crippen LogP contribution in [-0.4, -0.2) is 34.6 Å². The van der Waals surface area contributed by atoms with Crippen LogP contribution < -0.4 is 0 Å². The van der Waals surface area contributed by atoms with E-state index in [2.05, 4.69) is 39.0 Å². The summed E-state index contributed by atoms with van der Waals surface area (Å²) in [6.45, 7) is 8.23. The predicted octanol–water partition coefficient (Wildman–Crippen LogP) is 4.13. The van der Waals surface area contributed by atoms with Gasteiger partial charge in [0.25, 0.3) is 0 Å². The second-order valence-electron chi connectivity index (χ2n) is 6.28. The molecule has 0 atom stereocenters. The number of rotatable bonds is 4. The Balaban J connectivity index is 1.87. The number of carbonyl (C=O) groups excluding carboxylic acids is 1. The summed E-state index contributed by atoms with van der Waals surface area (Å²) in [5, 5.41) is 2.25. The minimum Gasteiger partial charge on any atom is -0.342 e. The Morgan fingerprint density at radius 1 is 1.22 bits per heavy atom. The molecule has 0 unspecified atom stereocenters. The van der Waals surface area contributed by atoms with E-state index >= 15 is 0 Å². The van der Waals surface area contributed by atoms with Gasteiger partial charge in [-0.15, -0.1) is 0 Å². The number of thioether (sulfide) groups is 1. The van der Waals surface area contributed by atoms with Crippen molar-refractivity contribution in [1.82, 2.24) is 9.88 Å². The fraction of sp³-hybridized carbons (Fsp3) is 0.474. The molecule has 1 aliphatic rings. The third-order valence-electron chi connectivity index (χ3n) is 4.62. The van der Waals surface area contributed by atoms with Crippen LogP contribution in [0.4, 0.5) is 0 Å². The normalized spacial score (nSPS) is 14.7. The topological polar surface area (TPSA) is 33.2 Å². The van der Waals surface area contributed by atoms with Crippen molar-refractivity contribution in [1.29, 1.82) is 0 Å². The van der Waals surface area contributed by atoms with Crippen molar-refractivity contribution < 1.29 is 4.79 Å².